The Morgan fingerprint density at radius 2 is 1.67 bits per heavy atom. The first kappa shape index (κ1) is 33.0. The number of fused-ring (bicyclic) bond motifs is 5. The number of carbonyl (C=O) groups excluding carboxylic acids is 1. The van der Waals surface area contributed by atoms with Crippen molar-refractivity contribution in [1.29, 1.82) is 0 Å². The van der Waals surface area contributed by atoms with Crippen molar-refractivity contribution in [3.05, 3.63) is 24.0 Å². The lowest BCUT2D eigenvalue weighted by Crippen LogP contribution is -2.66. The van der Waals surface area contributed by atoms with Crippen LogP contribution in [0.4, 0.5) is 22.0 Å². The van der Waals surface area contributed by atoms with E-state index in [4.69, 9.17) is 0 Å². The van der Waals surface area contributed by atoms with Gasteiger partial charge in [-0.1, -0.05) is 63.3 Å². The molecule has 4 aliphatic carbocycles. The summed E-state index contributed by atoms with van der Waals surface area (Å²) in [4.78, 5) is 16.8. The summed E-state index contributed by atoms with van der Waals surface area (Å²) < 4.78 is 73.0. The largest absolute Gasteiger partial charge is 0.456 e. The number of alkyl halides is 5. The second-order valence-electron chi connectivity index (χ2n) is 14.3. The van der Waals surface area contributed by atoms with E-state index < -0.39 is 35.5 Å². The van der Waals surface area contributed by atoms with Crippen LogP contribution < -0.4 is 0 Å². The summed E-state index contributed by atoms with van der Waals surface area (Å²) in [7, 11) is 1.99. The minimum Gasteiger partial charge on any atom is -0.383 e. The van der Waals surface area contributed by atoms with Crippen molar-refractivity contribution < 1.29 is 31.9 Å². The van der Waals surface area contributed by atoms with Crippen molar-refractivity contribution in [2.75, 3.05) is 5.75 Å². The summed E-state index contributed by atoms with van der Waals surface area (Å²) >= 11 is 1.77. The molecule has 1 N–H and O–H groups in total. The highest BCUT2D eigenvalue weighted by Gasteiger charge is 2.79. The number of unbranched alkanes of at least 4 members (excludes halogenated alkanes) is 5. The summed E-state index contributed by atoms with van der Waals surface area (Å²) in [5.41, 5.74) is -3.71. The highest BCUT2D eigenvalue weighted by Crippen LogP contribution is 2.72. The van der Waals surface area contributed by atoms with Crippen LogP contribution in [0.3, 0.4) is 0 Å². The van der Waals surface area contributed by atoms with E-state index in [2.05, 4.69) is 11.9 Å². The fourth-order valence-electron chi connectivity index (χ4n) is 9.64. The van der Waals surface area contributed by atoms with Crippen LogP contribution in [0.25, 0.3) is 0 Å². The Hall–Kier alpha value is -1.42. The average molecular weight is 631 g/mol. The number of allylic oxidation sites excluding steroid dienone is 1. The Labute approximate surface area is 256 Å². The predicted molar refractivity (Wildman–Crippen MR) is 158 cm³/mol. The van der Waals surface area contributed by atoms with Gasteiger partial charge >= 0.3 is 12.1 Å². The molecule has 1 aromatic rings. The van der Waals surface area contributed by atoms with E-state index >= 15 is 8.78 Å². The maximum Gasteiger partial charge on any atom is 0.456 e. The SMILES string of the molecule is Cn1ccnc1SCCCCCCCCC1CC2=CC(=O)CC[C@]2(C)[C@@H]2CC[C@@]3(C)[C@@H](CCC3(O)C(F)(F)C(F)(F)F)[C@H]12. The Morgan fingerprint density at radius 3 is 2.35 bits per heavy atom. The first-order valence-electron chi connectivity index (χ1n) is 16.2. The quantitative estimate of drug-likeness (QED) is 0.151. The fourth-order valence-corrected chi connectivity index (χ4v) is 10.6. The van der Waals surface area contributed by atoms with Crippen molar-refractivity contribution in [1.82, 2.24) is 9.55 Å². The second-order valence-corrected chi connectivity index (χ2v) is 15.4. The van der Waals surface area contributed by atoms with E-state index in [0.29, 0.717) is 25.7 Å². The number of rotatable bonds is 11. The molecule has 5 rings (SSSR count). The number of carbonyl (C=O) groups is 1. The molecule has 4 aliphatic rings. The highest BCUT2D eigenvalue weighted by atomic mass is 32.2. The molecule has 0 aromatic carbocycles. The molecule has 0 amide bonds. The third-order valence-corrected chi connectivity index (χ3v) is 13.3. The number of aryl methyl sites for hydroxylation is 1. The monoisotopic (exact) mass is 630 g/mol. The first-order chi connectivity index (χ1) is 20.2. The van der Waals surface area contributed by atoms with Crippen molar-refractivity contribution in [3.63, 3.8) is 0 Å². The van der Waals surface area contributed by atoms with Gasteiger partial charge in [-0.25, -0.2) is 4.98 Å². The van der Waals surface area contributed by atoms with Gasteiger partial charge in [0, 0.05) is 37.0 Å². The lowest BCUT2D eigenvalue weighted by atomic mass is 9.43. The molecule has 2 unspecified atom stereocenters. The third kappa shape index (κ3) is 5.63. The Kier molecular flexibility index (Phi) is 9.25. The van der Waals surface area contributed by atoms with E-state index in [1.807, 2.05) is 23.9 Å². The van der Waals surface area contributed by atoms with Crippen molar-refractivity contribution >= 4 is 17.5 Å². The summed E-state index contributed by atoms with van der Waals surface area (Å²) in [6.45, 7) is 3.68. The molecule has 10 heteroatoms. The summed E-state index contributed by atoms with van der Waals surface area (Å²) in [6, 6.07) is 0. The Bertz CT molecular complexity index is 1200. The van der Waals surface area contributed by atoms with Crippen molar-refractivity contribution in [3.8, 4) is 0 Å². The molecule has 7 atom stereocenters. The normalized spacial score (nSPS) is 36.2. The van der Waals surface area contributed by atoms with Gasteiger partial charge in [-0.3, -0.25) is 4.79 Å². The lowest BCUT2D eigenvalue weighted by Gasteiger charge is -2.62. The van der Waals surface area contributed by atoms with E-state index in [9.17, 15) is 23.1 Å². The molecule has 0 bridgehead atoms. The van der Waals surface area contributed by atoms with Crippen LogP contribution in [0.1, 0.15) is 104 Å². The van der Waals surface area contributed by atoms with Gasteiger partial charge in [0.15, 0.2) is 10.9 Å². The zero-order valence-corrected chi connectivity index (χ0v) is 26.5. The topological polar surface area (TPSA) is 55.1 Å². The van der Waals surface area contributed by atoms with Gasteiger partial charge in [0.2, 0.25) is 0 Å². The zero-order chi connectivity index (χ0) is 31.3. The van der Waals surface area contributed by atoms with Crippen LogP contribution in [-0.4, -0.2) is 43.9 Å². The molecule has 0 saturated heterocycles. The number of nitrogens with zero attached hydrogens (tertiary/aromatic N) is 2. The summed E-state index contributed by atoms with van der Waals surface area (Å²) in [5.74, 6) is -4.19. The van der Waals surface area contributed by atoms with Crippen LogP contribution in [-0.2, 0) is 11.8 Å². The number of thioether (sulfide) groups is 1. The molecule has 4 nitrogen and oxygen atoms in total. The molecule has 242 valence electrons. The van der Waals surface area contributed by atoms with Gasteiger partial charge in [-0.15, -0.1) is 0 Å². The number of ketones is 1. The van der Waals surface area contributed by atoms with Gasteiger partial charge in [0.1, 0.15) is 5.60 Å². The van der Waals surface area contributed by atoms with Crippen LogP contribution in [0, 0.1) is 34.5 Å². The van der Waals surface area contributed by atoms with Crippen LogP contribution in [0.5, 0.6) is 0 Å². The predicted octanol–water partition coefficient (Wildman–Crippen LogP) is 8.93. The molecular weight excluding hydrogens is 583 g/mol. The van der Waals surface area contributed by atoms with Crippen LogP contribution in [0.15, 0.2) is 29.2 Å². The molecule has 1 aromatic heterocycles. The second kappa shape index (κ2) is 12.1. The fraction of sp³-hybridized carbons (Fsp3) is 0.818. The molecule has 43 heavy (non-hydrogen) atoms. The molecule has 3 fully saturated rings. The smallest absolute Gasteiger partial charge is 0.383 e. The Morgan fingerprint density at radius 1 is 1.00 bits per heavy atom. The van der Waals surface area contributed by atoms with Gasteiger partial charge in [-0.2, -0.15) is 22.0 Å². The molecule has 1 heterocycles. The maximum absolute atomic E-state index is 15.0. The zero-order valence-electron chi connectivity index (χ0n) is 25.7. The average Bonchev–Trinajstić information content (AvgIpc) is 3.47. The van der Waals surface area contributed by atoms with E-state index in [1.54, 1.807) is 18.0 Å². The van der Waals surface area contributed by atoms with E-state index in [0.717, 1.165) is 61.4 Å². The third-order valence-electron chi connectivity index (χ3n) is 12.1. The maximum atomic E-state index is 15.0. The van der Waals surface area contributed by atoms with Gasteiger partial charge in [0.05, 0.1) is 0 Å². The van der Waals surface area contributed by atoms with Crippen LogP contribution >= 0.6 is 11.8 Å². The molecule has 0 aliphatic heterocycles. The minimum atomic E-state index is -5.80. The molecule has 0 spiro atoms. The van der Waals surface area contributed by atoms with Gasteiger partial charge < -0.3 is 9.67 Å². The van der Waals surface area contributed by atoms with Crippen LogP contribution in [0.2, 0.25) is 0 Å². The van der Waals surface area contributed by atoms with E-state index in [1.165, 1.54) is 6.92 Å². The van der Waals surface area contributed by atoms with Gasteiger partial charge in [0.25, 0.3) is 0 Å². The molecule has 0 radical (unpaired) electrons. The highest BCUT2D eigenvalue weighted by molar-refractivity contribution is 7.99. The lowest BCUT2D eigenvalue weighted by molar-refractivity contribution is -0.364. The van der Waals surface area contributed by atoms with Crippen molar-refractivity contribution in [2.24, 2.45) is 41.5 Å². The minimum absolute atomic E-state index is 0.0321. The molecule has 3 saturated carbocycles. The number of aromatic nitrogens is 2. The number of hydrogen-bond donors (Lipinski definition) is 1. The summed E-state index contributed by atoms with van der Waals surface area (Å²) in [6.07, 6.45) is 9.31. The number of imidazole rings is 1. The summed E-state index contributed by atoms with van der Waals surface area (Å²) in [5, 5.41) is 12.3. The standard InChI is InChI=1S/C33H47F5N2O2S/c1-29-14-11-24(41)21-23(29)20-22(10-8-6-4-5-7-9-19-43-28-39-17-18-40(28)3)27-25(29)12-15-30(2)26(27)13-16-31(30,42)32(34,35)33(36,37)38/h17-18,21-22,25-27,42H,4-16,19-20H2,1-3H3/t22?,25-,26+,27-,29+,30+,31?/m1/s1. The van der Waals surface area contributed by atoms with Crippen molar-refractivity contribution in [2.45, 2.75) is 127 Å². The number of aliphatic hydroxyl groups is 1. The van der Waals surface area contributed by atoms with Gasteiger partial charge in [-0.05, 0) is 86.5 Å². The number of halogens is 5. The molecular formula is C33H47F5N2O2S. The Balaban J connectivity index is 1.25. The first-order valence-corrected chi connectivity index (χ1v) is 17.2. The number of hydrogen-bond acceptors (Lipinski definition) is 4. The van der Waals surface area contributed by atoms with E-state index in [-0.39, 0.29) is 41.8 Å².